The second-order valence-electron chi connectivity index (χ2n) is 5.27. The van der Waals surface area contributed by atoms with Gasteiger partial charge in [-0.2, -0.15) is 0 Å². The zero-order valence-electron chi connectivity index (χ0n) is 10.7. The Labute approximate surface area is 102 Å². The van der Waals surface area contributed by atoms with E-state index in [-0.39, 0.29) is 5.91 Å². The molecule has 6 nitrogen and oxygen atoms in total. The third-order valence-corrected chi connectivity index (χ3v) is 3.44. The summed E-state index contributed by atoms with van der Waals surface area (Å²) in [6.45, 7) is 5.27. The van der Waals surface area contributed by atoms with E-state index in [0.717, 1.165) is 19.4 Å². The van der Waals surface area contributed by atoms with Crippen LogP contribution in [0.5, 0.6) is 0 Å². The topological polar surface area (TPSA) is 74.0 Å². The fraction of sp³-hybridized carbons (Fsp3) is 0.818. The van der Waals surface area contributed by atoms with E-state index in [1.807, 2.05) is 25.8 Å². The third-order valence-electron chi connectivity index (χ3n) is 3.44. The number of nitrogens with two attached hydrogens (primary N) is 1. The van der Waals surface area contributed by atoms with E-state index >= 15 is 0 Å². The molecule has 1 aliphatic carbocycles. The van der Waals surface area contributed by atoms with Gasteiger partial charge in [-0.3, -0.25) is 10.2 Å². The molecule has 0 spiro atoms. The number of hydrogen-bond acceptors (Lipinski definition) is 3. The highest BCUT2D eigenvalue weighted by Gasteiger charge is 2.42. The molecule has 3 N–H and O–H groups in total. The van der Waals surface area contributed by atoms with Gasteiger partial charge in [0.05, 0.1) is 6.04 Å². The predicted molar refractivity (Wildman–Crippen MR) is 66.2 cm³/mol. The van der Waals surface area contributed by atoms with E-state index in [0.29, 0.717) is 18.5 Å². The molecule has 0 aromatic carbocycles. The van der Waals surface area contributed by atoms with Gasteiger partial charge in [0.15, 0.2) is 0 Å². The number of rotatable bonds is 1. The summed E-state index contributed by atoms with van der Waals surface area (Å²) in [5.41, 5.74) is 2.05. The number of nitrogens with one attached hydrogen (secondary N) is 1. The summed E-state index contributed by atoms with van der Waals surface area (Å²) >= 11 is 0. The maximum atomic E-state index is 12.1. The van der Waals surface area contributed by atoms with Gasteiger partial charge in [-0.1, -0.05) is 0 Å². The lowest BCUT2D eigenvalue weighted by atomic mass is 9.98. The predicted octanol–water partition coefficient (Wildman–Crippen LogP) is -0.479. The highest BCUT2D eigenvalue weighted by molar-refractivity contribution is 5.92. The van der Waals surface area contributed by atoms with Crippen molar-refractivity contribution in [1.82, 2.24) is 15.2 Å². The molecular formula is C11H21N5O. The van der Waals surface area contributed by atoms with Crippen molar-refractivity contribution in [2.24, 2.45) is 10.8 Å². The summed E-state index contributed by atoms with van der Waals surface area (Å²) in [5, 5.41) is 0. The van der Waals surface area contributed by atoms with E-state index in [4.69, 9.17) is 5.84 Å². The molecule has 2 aliphatic rings. The van der Waals surface area contributed by atoms with Crippen LogP contribution in [0.1, 0.15) is 26.7 Å². The lowest BCUT2D eigenvalue weighted by Crippen LogP contribution is -2.66. The fourth-order valence-electron chi connectivity index (χ4n) is 2.15. The van der Waals surface area contributed by atoms with Gasteiger partial charge in [0.1, 0.15) is 5.54 Å². The zero-order chi connectivity index (χ0) is 12.6. The van der Waals surface area contributed by atoms with E-state index in [1.165, 1.54) is 0 Å². The Bertz CT molecular complexity index is 348. The van der Waals surface area contributed by atoms with Crippen molar-refractivity contribution in [1.29, 1.82) is 0 Å². The number of piperazine rings is 1. The SMILES string of the molecule is CN1CCN(C(=NC2CC2)NN)C(C)(C)C1=O. The molecule has 1 aliphatic heterocycles. The minimum absolute atomic E-state index is 0.0995. The minimum Gasteiger partial charge on any atom is -0.342 e. The van der Waals surface area contributed by atoms with Crippen LogP contribution in [-0.4, -0.2) is 53.4 Å². The first-order valence-electron chi connectivity index (χ1n) is 6.04. The Kier molecular flexibility index (Phi) is 2.99. The van der Waals surface area contributed by atoms with Crippen LogP contribution in [0, 0.1) is 0 Å². The smallest absolute Gasteiger partial charge is 0.247 e. The molecule has 17 heavy (non-hydrogen) atoms. The molecule has 0 radical (unpaired) electrons. The number of aliphatic imine (C=N–C) groups is 1. The standard InChI is InChI=1S/C11H21N5O/c1-11(2)9(17)15(3)6-7-16(11)10(14-12)13-8-4-5-8/h8H,4-7,12H2,1-3H3,(H,13,14). The van der Waals surface area contributed by atoms with Crippen molar-refractivity contribution < 1.29 is 4.79 Å². The maximum Gasteiger partial charge on any atom is 0.247 e. The summed E-state index contributed by atoms with van der Waals surface area (Å²) < 4.78 is 0. The van der Waals surface area contributed by atoms with Crippen LogP contribution in [0.25, 0.3) is 0 Å². The first-order valence-corrected chi connectivity index (χ1v) is 6.04. The number of carbonyl (C=O) groups is 1. The van der Waals surface area contributed by atoms with Crippen molar-refractivity contribution in [3.05, 3.63) is 0 Å². The van der Waals surface area contributed by atoms with Gasteiger partial charge in [0, 0.05) is 20.1 Å². The van der Waals surface area contributed by atoms with Crippen molar-refractivity contribution in [3.63, 3.8) is 0 Å². The van der Waals surface area contributed by atoms with Gasteiger partial charge in [0.25, 0.3) is 0 Å². The number of guanidine groups is 1. The number of nitrogens with zero attached hydrogens (tertiary/aromatic N) is 3. The Hall–Kier alpha value is -1.30. The number of hydrazine groups is 1. The number of hydrogen-bond donors (Lipinski definition) is 2. The molecule has 0 aromatic rings. The lowest BCUT2D eigenvalue weighted by molar-refractivity contribution is -0.143. The largest absolute Gasteiger partial charge is 0.342 e. The van der Waals surface area contributed by atoms with Gasteiger partial charge in [-0.05, 0) is 26.7 Å². The molecule has 0 bridgehead atoms. The molecule has 2 rings (SSSR count). The van der Waals surface area contributed by atoms with Crippen LogP contribution in [0.4, 0.5) is 0 Å². The summed E-state index contributed by atoms with van der Waals surface area (Å²) in [4.78, 5) is 20.4. The average Bonchev–Trinajstić information content (AvgIpc) is 3.08. The quantitative estimate of drug-likeness (QED) is 0.280. The molecule has 1 heterocycles. The lowest BCUT2D eigenvalue weighted by Gasteiger charge is -2.45. The Morgan fingerprint density at radius 2 is 2.12 bits per heavy atom. The summed E-state index contributed by atoms with van der Waals surface area (Å²) in [7, 11) is 1.83. The monoisotopic (exact) mass is 239 g/mol. The first-order chi connectivity index (χ1) is 7.96. The summed E-state index contributed by atoms with van der Waals surface area (Å²) in [6, 6.07) is 0.381. The van der Waals surface area contributed by atoms with E-state index in [2.05, 4.69) is 10.4 Å². The molecule has 0 unspecified atom stereocenters. The second-order valence-corrected chi connectivity index (χ2v) is 5.27. The van der Waals surface area contributed by atoms with Gasteiger partial charge >= 0.3 is 0 Å². The van der Waals surface area contributed by atoms with Crippen LogP contribution < -0.4 is 11.3 Å². The van der Waals surface area contributed by atoms with Gasteiger partial charge in [0.2, 0.25) is 11.9 Å². The molecule has 1 amide bonds. The maximum absolute atomic E-state index is 12.1. The highest BCUT2D eigenvalue weighted by Crippen LogP contribution is 2.26. The minimum atomic E-state index is -0.590. The van der Waals surface area contributed by atoms with Crippen LogP contribution in [-0.2, 0) is 4.79 Å². The Morgan fingerprint density at radius 1 is 1.47 bits per heavy atom. The third kappa shape index (κ3) is 2.22. The van der Waals surface area contributed by atoms with Gasteiger partial charge in [-0.15, -0.1) is 0 Å². The van der Waals surface area contributed by atoms with Crippen LogP contribution in [0.2, 0.25) is 0 Å². The summed E-state index contributed by atoms with van der Waals surface area (Å²) in [6.07, 6.45) is 2.24. The van der Waals surface area contributed by atoms with Crippen molar-refractivity contribution in [3.8, 4) is 0 Å². The van der Waals surface area contributed by atoms with Crippen molar-refractivity contribution >= 4 is 11.9 Å². The first kappa shape index (κ1) is 12.2. The van der Waals surface area contributed by atoms with Crippen molar-refractivity contribution in [2.45, 2.75) is 38.3 Å². The fourth-order valence-corrected chi connectivity index (χ4v) is 2.15. The Morgan fingerprint density at radius 3 is 2.65 bits per heavy atom. The van der Waals surface area contributed by atoms with Gasteiger partial charge in [-0.25, -0.2) is 10.8 Å². The normalized spacial score (nSPS) is 25.2. The number of amides is 1. The molecular weight excluding hydrogens is 218 g/mol. The molecule has 2 fully saturated rings. The summed E-state index contributed by atoms with van der Waals surface area (Å²) in [5.74, 6) is 6.27. The van der Waals surface area contributed by atoms with E-state index < -0.39 is 5.54 Å². The van der Waals surface area contributed by atoms with Crippen LogP contribution in [0.15, 0.2) is 4.99 Å². The van der Waals surface area contributed by atoms with Gasteiger partial charge < -0.3 is 9.80 Å². The second kappa shape index (κ2) is 4.18. The highest BCUT2D eigenvalue weighted by atomic mass is 16.2. The number of carbonyl (C=O) groups excluding carboxylic acids is 1. The molecule has 96 valence electrons. The van der Waals surface area contributed by atoms with Crippen LogP contribution in [0.3, 0.4) is 0 Å². The Balaban J connectivity index is 2.21. The van der Waals surface area contributed by atoms with Crippen LogP contribution >= 0.6 is 0 Å². The molecule has 1 saturated heterocycles. The average molecular weight is 239 g/mol. The molecule has 1 saturated carbocycles. The van der Waals surface area contributed by atoms with E-state index in [1.54, 1.807) is 4.90 Å². The zero-order valence-corrected chi connectivity index (χ0v) is 10.7. The van der Waals surface area contributed by atoms with Crippen molar-refractivity contribution in [2.75, 3.05) is 20.1 Å². The van der Waals surface area contributed by atoms with E-state index in [9.17, 15) is 4.79 Å². The molecule has 6 heteroatoms. The molecule has 0 aromatic heterocycles. The molecule has 0 atom stereocenters. The number of likely N-dealkylation sites (N-methyl/N-ethyl adjacent to an activating group) is 1.